The summed E-state index contributed by atoms with van der Waals surface area (Å²) in [7, 11) is 0. The van der Waals surface area contributed by atoms with Crippen LogP contribution in [-0.2, 0) is 0 Å². The number of aliphatic imine (C=N–C) groups is 2. The Hall–Kier alpha value is -2.61. The van der Waals surface area contributed by atoms with Crippen molar-refractivity contribution in [2.24, 2.45) is 9.98 Å². The number of rotatable bonds is 2. The Bertz CT molecular complexity index is 593. The van der Waals surface area contributed by atoms with Gasteiger partial charge in [-0.05, 0) is 12.1 Å². The van der Waals surface area contributed by atoms with Gasteiger partial charge in [-0.2, -0.15) is 5.26 Å². The van der Waals surface area contributed by atoms with E-state index in [4.69, 9.17) is 11.0 Å². The first-order valence-corrected chi connectivity index (χ1v) is 5.46. The molecule has 1 aromatic carbocycles. The summed E-state index contributed by atoms with van der Waals surface area (Å²) in [4.78, 5) is 8.21. The second kappa shape index (κ2) is 5.15. The summed E-state index contributed by atoms with van der Waals surface area (Å²) in [5, 5.41) is 19.3. The maximum atomic E-state index is 10.1. The van der Waals surface area contributed by atoms with Crippen LogP contribution in [0.25, 0.3) is 5.76 Å². The molecule has 18 heavy (non-hydrogen) atoms. The number of aliphatic hydroxyl groups is 1. The smallest absolute Gasteiger partial charge is 0.142 e. The second-order valence-electron chi connectivity index (χ2n) is 3.76. The second-order valence-corrected chi connectivity index (χ2v) is 3.76. The summed E-state index contributed by atoms with van der Waals surface area (Å²) >= 11 is 0. The van der Waals surface area contributed by atoms with E-state index < -0.39 is 0 Å². The van der Waals surface area contributed by atoms with Gasteiger partial charge in [0.05, 0.1) is 18.8 Å². The van der Waals surface area contributed by atoms with E-state index >= 15 is 0 Å². The van der Waals surface area contributed by atoms with Crippen molar-refractivity contribution in [1.82, 2.24) is 0 Å². The molecule has 0 aliphatic carbocycles. The number of benzene rings is 1. The Morgan fingerprint density at radius 3 is 2.83 bits per heavy atom. The molecule has 3 N–H and O–H groups in total. The third kappa shape index (κ3) is 2.38. The van der Waals surface area contributed by atoms with Gasteiger partial charge < -0.3 is 10.8 Å². The van der Waals surface area contributed by atoms with Crippen LogP contribution in [0.3, 0.4) is 0 Å². The van der Waals surface area contributed by atoms with Crippen LogP contribution in [0, 0.1) is 11.3 Å². The number of aliphatic hydroxyl groups excluding tert-OH is 1. The van der Waals surface area contributed by atoms with Gasteiger partial charge >= 0.3 is 0 Å². The maximum absolute atomic E-state index is 10.1. The molecule has 5 heteroatoms. The van der Waals surface area contributed by atoms with Gasteiger partial charge in [0.2, 0.25) is 0 Å². The fourth-order valence-corrected chi connectivity index (χ4v) is 1.63. The fraction of sp³-hybridized carbons (Fsp3) is 0.154. The highest BCUT2D eigenvalue weighted by atomic mass is 16.3. The van der Waals surface area contributed by atoms with Crippen molar-refractivity contribution < 1.29 is 5.11 Å². The van der Waals surface area contributed by atoms with E-state index in [9.17, 15) is 5.11 Å². The number of nitrogens with two attached hydrogens (primary N) is 1. The molecule has 1 aliphatic rings. The van der Waals surface area contributed by atoms with Crippen LogP contribution >= 0.6 is 0 Å². The van der Waals surface area contributed by atoms with Crippen LogP contribution in [-0.4, -0.2) is 30.1 Å². The summed E-state index contributed by atoms with van der Waals surface area (Å²) < 4.78 is 0. The first-order valence-electron chi connectivity index (χ1n) is 5.46. The molecule has 0 amide bonds. The Labute approximate surface area is 105 Å². The van der Waals surface area contributed by atoms with Crippen molar-refractivity contribution in [2.45, 2.75) is 0 Å². The first-order chi connectivity index (χ1) is 8.72. The summed E-state index contributed by atoms with van der Waals surface area (Å²) in [6.45, 7) is 1.14. The molecule has 0 unspecified atom stereocenters. The van der Waals surface area contributed by atoms with E-state index in [2.05, 4.69) is 9.98 Å². The molecule has 0 spiro atoms. The molecule has 90 valence electrons. The molecule has 1 aliphatic heterocycles. The van der Waals surface area contributed by atoms with Crippen molar-refractivity contribution in [3.05, 3.63) is 35.4 Å². The highest BCUT2D eigenvalue weighted by molar-refractivity contribution is 6.41. The molecule has 0 bridgehead atoms. The minimum atomic E-state index is -0.128. The Morgan fingerprint density at radius 2 is 2.22 bits per heavy atom. The average molecular weight is 240 g/mol. The quantitative estimate of drug-likeness (QED) is 0.467. The molecule has 0 atom stereocenters. The van der Waals surface area contributed by atoms with Gasteiger partial charge in [0.25, 0.3) is 0 Å². The van der Waals surface area contributed by atoms with E-state index in [1.54, 1.807) is 24.3 Å². The lowest BCUT2D eigenvalue weighted by Gasteiger charge is -2.07. The number of anilines is 1. The maximum Gasteiger partial charge on any atom is 0.142 e. The molecular formula is C13H12N4O. The number of hydrogen-bond donors (Lipinski definition) is 2. The molecule has 0 radical (unpaired) electrons. The minimum absolute atomic E-state index is 0.115. The lowest BCUT2D eigenvalue weighted by molar-refractivity contribution is 0.510. The van der Waals surface area contributed by atoms with Gasteiger partial charge in [0, 0.05) is 17.5 Å². The first kappa shape index (κ1) is 11.9. The summed E-state index contributed by atoms with van der Waals surface area (Å²) in [5.41, 5.74) is 7.18. The van der Waals surface area contributed by atoms with Crippen molar-refractivity contribution in [2.75, 3.05) is 18.8 Å². The Balaban J connectivity index is 2.47. The van der Waals surface area contributed by atoms with E-state index in [-0.39, 0.29) is 11.3 Å². The Kier molecular flexibility index (Phi) is 3.39. The van der Waals surface area contributed by atoms with Crippen LogP contribution in [0.15, 0.2) is 39.8 Å². The van der Waals surface area contributed by atoms with Gasteiger partial charge in [0.1, 0.15) is 17.4 Å². The predicted molar refractivity (Wildman–Crippen MR) is 71.7 cm³/mol. The largest absolute Gasteiger partial charge is 0.506 e. The molecular weight excluding hydrogens is 228 g/mol. The predicted octanol–water partition coefficient (Wildman–Crippen LogP) is 1.59. The molecule has 0 saturated heterocycles. The van der Waals surface area contributed by atoms with E-state index in [1.165, 1.54) is 6.21 Å². The van der Waals surface area contributed by atoms with Crippen LogP contribution in [0.1, 0.15) is 5.56 Å². The third-order valence-corrected chi connectivity index (χ3v) is 2.49. The van der Waals surface area contributed by atoms with Crippen molar-refractivity contribution in [1.29, 1.82) is 5.26 Å². The van der Waals surface area contributed by atoms with Crippen molar-refractivity contribution >= 4 is 23.4 Å². The van der Waals surface area contributed by atoms with Crippen LogP contribution < -0.4 is 5.73 Å². The van der Waals surface area contributed by atoms with Gasteiger partial charge in [-0.25, -0.2) is 0 Å². The molecule has 0 fully saturated rings. The number of nitrogen functional groups attached to an aromatic ring is 1. The van der Waals surface area contributed by atoms with E-state index in [1.807, 2.05) is 6.07 Å². The zero-order valence-electron chi connectivity index (χ0n) is 9.67. The molecule has 5 nitrogen and oxygen atoms in total. The fourth-order valence-electron chi connectivity index (χ4n) is 1.63. The normalized spacial score (nSPS) is 15.6. The molecule has 1 aromatic rings. The molecule has 1 heterocycles. The third-order valence-electron chi connectivity index (χ3n) is 2.49. The van der Waals surface area contributed by atoms with Gasteiger partial charge in [-0.15, -0.1) is 0 Å². The minimum Gasteiger partial charge on any atom is -0.506 e. The number of hydrogen-bond acceptors (Lipinski definition) is 5. The lowest BCUT2D eigenvalue weighted by Crippen LogP contribution is -2.12. The molecule has 0 saturated carbocycles. The zero-order chi connectivity index (χ0) is 13.0. The highest BCUT2D eigenvalue weighted by Gasteiger charge is 2.14. The highest BCUT2D eigenvalue weighted by Crippen LogP contribution is 2.19. The Morgan fingerprint density at radius 1 is 1.39 bits per heavy atom. The van der Waals surface area contributed by atoms with E-state index in [0.717, 1.165) is 0 Å². The number of nitrogens with zero attached hydrogens (tertiary/aromatic N) is 3. The SMILES string of the molecule is N#C/C(C1=NCCN=C1)=C(/O)c1cccc(N)c1. The van der Waals surface area contributed by atoms with Crippen LogP contribution in [0.4, 0.5) is 5.69 Å². The molecule has 2 rings (SSSR count). The number of allylic oxidation sites excluding steroid dienone is 1. The van der Waals surface area contributed by atoms with Gasteiger partial charge in [-0.1, -0.05) is 12.1 Å². The summed E-state index contributed by atoms with van der Waals surface area (Å²) in [6, 6.07) is 8.67. The zero-order valence-corrected chi connectivity index (χ0v) is 9.67. The van der Waals surface area contributed by atoms with Crippen molar-refractivity contribution in [3.8, 4) is 6.07 Å². The van der Waals surface area contributed by atoms with Gasteiger partial charge in [0.15, 0.2) is 0 Å². The van der Waals surface area contributed by atoms with Crippen LogP contribution in [0.2, 0.25) is 0 Å². The molecule has 0 aromatic heterocycles. The van der Waals surface area contributed by atoms with Crippen LogP contribution in [0.5, 0.6) is 0 Å². The van der Waals surface area contributed by atoms with E-state index in [0.29, 0.717) is 30.1 Å². The monoisotopic (exact) mass is 240 g/mol. The average Bonchev–Trinajstić information content (AvgIpc) is 2.41. The van der Waals surface area contributed by atoms with Crippen molar-refractivity contribution in [3.63, 3.8) is 0 Å². The van der Waals surface area contributed by atoms with Gasteiger partial charge in [-0.3, -0.25) is 9.98 Å². The topological polar surface area (TPSA) is 94.8 Å². The lowest BCUT2D eigenvalue weighted by atomic mass is 10.0. The summed E-state index contributed by atoms with van der Waals surface area (Å²) in [6.07, 6.45) is 1.50. The number of nitriles is 1. The standard InChI is InChI=1S/C13H12N4O/c14-7-11(12-8-16-4-5-17-12)13(18)9-2-1-3-10(15)6-9/h1-3,6,8,18H,4-5,15H2/b13-11-. The summed E-state index contributed by atoms with van der Waals surface area (Å²) in [5.74, 6) is -0.128.